The number of benzene rings is 4. The first-order valence-corrected chi connectivity index (χ1v) is 16.9. The monoisotopic (exact) mass is 725 g/mol. The molecule has 268 valence electrons. The lowest BCUT2D eigenvalue weighted by atomic mass is 9.79. The van der Waals surface area contributed by atoms with Gasteiger partial charge in [0, 0.05) is 42.8 Å². The second-order valence-electron chi connectivity index (χ2n) is 12.3. The Labute approximate surface area is 305 Å². The first kappa shape index (κ1) is 36.2. The lowest BCUT2D eigenvalue weighted by Gasteiger charge is -2.38. The number of methoxy groups -OCH3 is 2. The fourth-order valence-corrected chi connectivity index (χ4v) is 6.48. The van der Waals surface area contributed by atoms with Gasteiger partial charge in [0.2, 0.25) is 5.91 Å². The van der Waals surface area contributed by atoms with Crippen molar-refractivity contribution in [1.29, 1.82) is 0 Å². The summed E-state index contributed by atoms with van der Waals surface area (Å²) in [5, 5.41) is 32.2. The van der Waals surface area contributed by atoms with Crippen LogP contribution in [0.25, 0.3) is 0 Å². The summed E-state index contributed by atoms with van der Waals surface area (Å²) in [7, 11) is 1.36. The number of aromatic hydroxyl groups is 1. The average molecular weight is 726 g/mol. The third-order valence-electron chi connectivity index (χ3n) is 9.07. The Balaban J connectivity index is 1.26. The number of urea groups is 1. The molecule has 0 spiro atoms. The lowest BCUT2D eigenvalue weighted by Crippen LogP contribution is -2.57. The molecule has 1 fully saturated rings. The maximum atomic E-state index is 14.8. The number of amidine groups is 1. The number of phenolic OH excluding ortho intramolecular Hbond substituents is 1. The number of carbonyl (C=O) groups is 3. The molecule has 0 unspecified atom stereocenters. The molecule has 13 nitrogen and oxygen atoms in total. The fraction of sp³-hybridized carbons (Fsp3) is 0.243. The molecule has 1 saturated heterocycles. The molecule has 0 saturated carbocycles. The highest BCUT2D eigenvalue weighted by molar-refractivity contribution is 6.58. The molecular weight excluding hydrogens is 689 g/mol. The maximum Gasteiger partial charge on any atom is 0.488 e. The number of amides is 4. The number of phenols is 1. The third kappa shape index (κ3) is 7.69. The largest absolute Gasteiger partial charge is 0.508 e. The summed E-state index contributed by atoms with van der Waals surface area (Å²) in [6.07, 6.45) is 0. The van der Waals surface area contributed by atoms with Crippen LogP contribution in [0.15, 0.2) is 96.0 Å². The van der Waals surface area contributed by atoms with Crippen LogP contribution in [-0.2, 0) is 4.79 Å². The number of aliphatic imine (C=N–C) groups is 1. The summed E-state index contributed by atoms with van der Waals surface area (Å²) < 4.78 is 11.2. The zero-order valence-electron chi connectivity index (χ0n) is 28.5. The average Bonchev–Trinajstić information content (AvgIpc) is 3.55. The Kier molecular flexibility index (Phi) is 11.0. The Morgan fingerprint density at radius 3 is 2.35 bits per heavy atom. The van der Waals surface area contributed by atoms with Gasteiger partial charge in [-0.3, -0.25) is 19.5 Å². The molecule has 0 aromatic heterocycles. The van der Waals surface area contributed by atoms with Gasteiger partial charge in [-0.2, -0.15) is 0 Å². The van der Waals surface area contributed by atoms with Crippen LogP contribution in [0.1, 0.15) is 39.1 Å². The maximum absolute atomic E-state index is 14.8. The molecule has 2 atom stereocenters. The highest BCUT2D eigenvalue weighted by atomic mass is 35.5. The van der Waals surface area contributed by atoms with Crippen LogP contribution in [0.2, 0.25) is 5.02 Å². The smallest absolute Gasteiger partial charge is 0.488 e. The van der Waals surface area contributed by atoms with E-state index in [1.165, 1.54) is 24.1 Å². The number of ether oxygens (including phenoxy) is 2. The van der Waals surface area contributed by atoms with E-state index in [9.17, 15) is 29.5 Å². The van der Waals surface area contributed by atoms with Crippen LogP contribution < -0.4 is 20.3 Å². The van der Waals surface area contributed by atoms with E-state index in [-0.39, 0.29) is 55.4 Å². The van der Waals surface area contributed by atoms with Gasteiger partial charge in [-0.1, -0.05) is 48.0 Å². The van der Waals surface area contributed by atoms with E-state index in [2.05, 4.69) is 5.32 Å². The Morgan fingerprint density at radius 1 is 0.942 bits per heavy atom. The van der Waals surface area contributed by atoms with E-state index < -0.39 is 31.1 Å². The highest BCUT2D eigenvalue weighted by Gasteiger charge is 2.45. The van der Waals surface area contributed by atoms with E-state index in [0.29, 0.717) is 27.9 Å². The van der Waals surface area contributed by atoms with E-state index >= 15 is 0 Å². The van der Waals surface area contributed by atoms with Crippen molar-refractivity contribution in [1.82, 2.24) is 20.0 Å². The molecule has 2 heterocycles. The van der Waals surface area contributed by atoms with Crippen molar-refractivity contribution >= 4 is 47.9 Å². The van der Waals surface area contributed by atoms with E-state index in [0.717, 1.165) is 11.1 Å². The van der Waals surface area contributed by atoms with E-state index in [1.54, 1.807) is 83.6 Å². The predicted octanol–water partition coefficient (Wildman–Crippen LogP) is 2.98. The van der Waals surface area contributed by atoms with Crippen LogP contribution in [0.5, 0.6) is 17.2 Å². The molecule has 4 aromatic carbocycles. The molecule has 15 heteroatoms. The Morgan fingerprint density at radius 2 is 1.67 bits per heavy atom. The molecule has 2 aliphatic heterocycles. The highest BCUT2D eigenvalue weighted by Crippen LogP contribution is 2.46. The Bertz CT molecular complexity index is 1980. The number of hydrogen-bond acceptors (Lipinski definition) is 9. The molecule has 2 aliphatic rings. The van der Waals surface area contributed by atoms with Crippen LogP contribution in [0.4, 0.5) is 4.79 Å². The quantitative estimate of drug-likeness (QED) is 0.181. The number of nitrogens with one attached hydrogen (secondary N) is 1. The third-order valence-corrected chi connectivity index (χ3v) is 9.32. The van der Waals surface area contributed by atoms with Gasteiger partial charge < -0.3 is 39.7 Å². The number of hydrogen-bond donors (Lipinski definition) is 4. The van der Waals surface area contributed by atoms with Gasteiger partial charge in [0.25, 0.3) is 5.91 Å². The molecule has 0 bridgehead atoms. The molecular formula is C37H37BClN5O8. The van der Waals surface area contributed by atoms with Crippen molar-refractivity contribution in [2.45, 2.75) is 12.1 Å². The molecule has 4 amide bonds. The van der Waals surface area contributed by atoms with Gasteiger partial charge in [0.05, 0.1) is 25.8 Å². The standard InChI is InChI=1S/C37H37BClN5O8/c1-51-29-14-15-30(31(21-29)52-2)35-41-33(23-8-12-28(45)13-9-23)34(24-6-10-27(39)11-7-24)44(35)37(48)43-19-18-42(32(46)22-43)17-16-40-36(47)25-4-3-5-26(20-25)38(49)50/h3-15,20-21,33-34,45,49-50H,16-19,22H2,1-2H3,(H,40,47)/t33-,34+/m0/s1. The van der Waals surface area contributed by atoms with Crippen molar-refractivity contribution in [3.63, 3.8) is 0 Å². The molecule has 0 radical (unpaired) electrons. The number of carbonyl (C=O) groups excluding carboxylic acids is 3. The lowest BCUT2D eigenvalue weighted by molar-refractivity contribution is -0.134. The topological polar surface area (TPSA) is 164 Å². The summed E-state index contributed by atoms with van der Waals surface area (Å²) in [5.41, 5.74) is 2.48. The molecule has 6 rings (SSSR count). The van der Waals surface area contributed by atoms with Crippen molar-refractivity contribution in [3.05, 3.63) is 118 Å². The first-order chi connectivity index (χ1) is 25.1. The number of rotatable bonds is 10. The van der Waals surface area contributed by atoms with Crippen molar-refractivity contribution in [2.75, 3.05) is 46.9 Å². The minimum absolute atomic E-state index is 0.0884. The van der Waals surface area contributed by atoms with Crippen LogP contribution in [0, 0.1) is 0 Å². The van der Waals surface area contributed by atoms with Gasteiger partial charge >= 0.3 is 13.1 Å². The number of piperazine rings is 1. The summed E-state index contributed by atoms with van der Waals surface area (Å²) in [5.74, 6) is 0.687. The van der Waals surface area contributed by atoms with Gasteiger partial charge in [-0.05, 0) is 65.1 Å². The first-order valence-electron chi connectivity index (χ1n) is 16.5. The zero-order chi connectivity index (χ0) is 36.9. The normalized spacial score (nSPS) is 17.1. The van der Waals surface area contributed by atoms with Crippen LogP contribution in [0.3, 0.4) is 0 Å². The van der Waals surface area contributed by atoms with Crippen LogP contribution >= 0.6 is 11.6 Å². The van der Waals surface area contributed by atoms with Crippen molar-refractivity contribution in [3.8, 4) is 17.2 Å². The van der Waals surface area contributed by atoms with Gasteiger partial charge in [-0.15, -0.1) is 0 Å². The summed E-state index contributed by atoms with van der Waals surface area (Å²) in [6.45, 7) is 0.605. The number of halogens is 1. The summed E-state index contributed by atoms with van der Waals surface area (Å²) in [4.78, 5) is 50.7. The van der Waals surface area contributed by atoms with E-state index in [1.807, 2.05) is 12.1 Å². The van der Waals surface area contributed by atoms with Gasteiger partial charge in [0.1, 0.15) is 35.7 Å². The minimum Gasteiger partial charge on any atom is -0.508 e. The summed E-state index contributed by atoms with van der Waals surface area (Å²) in [6, 6.07) is 23.3. The second-order valence-corrected chi connectivity index (χ2v) is 12.7. The molecule has 4 N–H and O–H groups in total. The van der Waals surface area contributed by atoms with Gasteiger partial charge in [0.15, 0.2) is 0 Å². The fourth-order valence-electron chi connectivity index (χ4n) is 6.36. The SMILES string of the molecule is COc1ccc(C2=N[C@@H](c3ccc(O)cc3)[C@@H](c3ccc(Cl)cc3)N2C(=O)N2CCN(CCNC(=O)c3cccc(B(O)O)c3)C(=O)C2)c(OC)c1. The zero-order valence-corrected chi connectivity index (χ0v) is 29.2. The minimum atomic E-state index is -1.70. The van der Waals surface area contributed by atoms with Crippen LogP contribution in [-0.4, -0.2) is 108 Å². The van der Waals surface area contributed by atoms with Crippen molar-refractivity contribution < 1.29 is 39.0 Å². The van der Waals surface area contributed by atoms with Crippen molar-refractivity contribution in [2.24, 2.45) is 4.99 Å². The molecule has 52 heavy (non-hydrogen) atoms. The number of nitrogens with zero attached hydrogens (tertiary/aromatic N) is 4. The summed E-state index contributed by atoms with van der Waals surface area (Å²) >= 11 is 6.28. The Hall–Kier alpha value is -5.57. The predicted molar refractivity (Wildman–Crippen MR) is 195 cm³/mol. The molecule has 0 aliphatic carbocycles. The van der Waals surface area contributed by atoms with Gasteiger partial charge in [-0.25, -0.2) is 4.79 Å². The second kappa shape index (κ2) is 15.8. The molecule has 4 aromatic rings. The van der Waals surface area contributed by atoms with E-state index in [4.69, 9.17) is 26.1 Å².